The van der Waals surface area contributed by atoms with E-state index < -0.39 is 22.9 Å². The Morgan fingerprint density at radius 3 is 2.52 bits per heavy atom. The summed E-state index contributed by atoms with van der Waals surface area (Å²) in [5.41, 5.74) is 1.03. The third-order valence-corrected chi connectivity index (χ3v) is 3.64. The molecule has 0 aromatic heterocycles. The van der Waals surface area contributed by atoms with Crippen LogP contribution in [0.25, 0.3) is 0 Å². The highest BCUT2D eigenvalue weighted by Gasteiger charge is 2.29. The molecule has 3 N–H and O–H groups in total. The fraction of sp³-hybridized carbons (Fsp3) is 0.500. The first-order chi connectivity index (χ1) is 9.63. The molecule has 1 rings (SSSR count). The first-order valence-corrected chi connectivity index (χ1v) is 7.79. The molecular weight excluding hydrogens is 307 g/mol. The molecule has 1 unspecified atom stereocenters. The van der Waals surface area contributed by atoms with Gasteiger partial charge in [-0.3, -0.25) is 4.72 Å². The highest BCUT2D eigenvalue weighted by atomic mass is 32.2. The summed E-state index contributed by atoms with van der Waals surface area (Å²) < 4.78 is 62.6. The number of nitrogens with one attached hydrogen (secondary N) is 3. The number of alkyl halides is 3. The second-order valence-electron chi connectivity index (χ2n) is 4.45. The van der Waals surface area contributed by atoms with Crippen LogP contribution in [0.5, 0.6) is 0 Å². The zero-order valence-electron chi connectivity index (χ0n) is 11.7. The quantitative estimate of drug-likeness (QED) is 0.719. The molecule has 1 atom stereocenters. The minimum atomic E-state index is -4.60. The first kappa shape index (κ1) is 17.7. The van der Waals surface area contributed by atoms with Gasteiger partial charge in [0.15, 0.2) is 0 Å². The summed E-state index contributed by atoms with van der Waals surface area (Å²) in [6.45, 7) is 2.96. The Morgan fingerprint density at radius 1 is 1.29 bits per heavy atom. The maximum Gasteiger partial charge on any atom is 0.402 e. The van der Waals surface area contributed by atoms with Gasteiger partial charge in [-0.2, -0.15) is 26.3 Å². The first-order valence-electron chi connectivity index (χ1n) is 6.30. The van der Waals surface area contributed by atoms with Crippen molar-refractivity contribution in [3.63, 3.8) is 0 Å². The molecule has 0 aliphatic rings. The highest BCUT2D eigenvalue weighted by molar-refractivity contribution is 7.90. The third kappa shape index (κ3) is 6.78. The van der Waals surface area contributed by atoms with Gasteiger partial charge in [-0.15, -0.1) is 0 Å². The van der Waals surface area contributed by atoms with Crippen LogP contribution in [0.2, 0.25) is 0 Å². The Labute approximate surface area is 122 Å². The van der Waals surface area contributed by atoms with Crippen molar-refractivity contribution in [2.75, 3.05) is 17.8 Å². The van der Waals surface area contributed by atoms with Crippen LogP contribution in [0.4, 0.5) is 18.9 Å². The van der Waals surface area contributed by atoms with Gasteiger partial charge in [0.2, 0.25) is 0 Å². The van der Waals surface area contributed by atoms with Crippen LogP contribution in [0.1, 0.15) is 25.5 Å². The summed E-state index contributed by atoms with van der Waals surface area (Å²) in [6, 6.07) is 6.47. The van der Waals surface area contributed by atoms with Crippen molar-refractivity contribution in [2.45, 2.75) is 26.1 Å². The van der Waals surface area contributed by atoms with E-state index in [1.54, 1.807) is 18.2 Å². The molecule has 0 radical (unpaired) electrons. The third-order valence-electron chi connectivity index (χ3n) is 2.61. The molecule has 1 aromatic rings. The van der Waals surface area contributed by atoms with Crippen LogP contribution in [0, 0.1) is 0 Å². The van der Waals surface area contributed by atoms with Gasteiger partial charge in [-0.25, -0.2) is 0 Å². The average Bonchev–Trinajstić information content (AvgIpc) is 2.36. The molecule has 0 aliphatic heterocycles. The Balaban J connectivity index is 2.76. The van der Waals surface area contributed by atoms with Crippen LogP contribution < -0.4 is 14.8 Å². The van der Waals surface area contributed by atoms with Gasteiger partial charge in [0.25, 0.3) is 10.2 Å². The molecule has 120 valence electrons. The SMILES string of the molecule is CCNC(C)c1cccc(NS(=O)(=O)NCC(F)(F)F)c1. The number of rotatable bonds is 7. The molecule has 1 aromatic carbocycles. The van der Waals surface area contributed by atoms with E-state index in [9.17, 15) is 21.6 Å². The fourth-order valence-corrected chi connectivity index (χ4v) is 2.53. The summed E-state index contributed by atoms with van der Waals surface area (Å²) in [5.74, 6) is 0. The minimum absolute atomic E-state index is 0.00240. The van der Waals surface area contributed by atoms with Crippen molar-refractivity contribution in [1.82, 2.24) is 10.0 Å². The maximum atomic E-state index is 12.0. The van der Waals surface area contributed by atoms with Crippen LogP contribution in [0.3, 0.4) is 0 Å². The van der Waals surface area contributed by atoms with Crippen molar-refractivity contribution < 1.29 is 21.6 Å². The van der Waals surface area contributed by atoms with E-state index in [0.29, 0.717) is 0 Å². The zero-order chi connectivity index (χ0) is 16.1. The molecule has 5 nitrogen and oxygen atoms in total. The number of anilines is 1. The normalized spacial score (nSPS) is 14.0. The number of hydrogen-bond acceptors (Lipinski definition) is 3. The lowest BCUT2D eigenvalue weighted by Gasteiger charge is -2.15. The second kappa shape index (κ2) is 7.10. The summed E-state index contributed by atoms with van der Waals surface area (Å²) in [5, 5.41) is 3.16. The summed E-state index contributed by atoms with van der Waals surface area (Å²) in [7, 11) is -4.26. The van der Waals surface area contributed by atoms with E-state index in [1.165, 1.54) is 10.8 Å². The topological polar surface area (TPSA) is 70.2 Å². The molecule has 9 heteroatoms. The van der Waals surface area contributed by atoms with E-state index in [1.807, 2.05) is 13.8 Å². The van der Waals surface area contributed by atoms with Gasteiger partial charge >= 0.3 is 6.18 Å². The molecule has 0 aliphatic carbocycles. The lowest BCUT2D eigenvalue weighted by atomic mass is 10.1. The van der Waals surface area contributed by atoms with E-state index >= 15 is 0 Å². The molecule has 21 heavy (non-hydrogen) atoms. The molecule has 0 saturated carbocycles. The smallest absolute Gasteiger partial charge is 0.310 e. The van der Waals surface area contributed by atoms with E-state index in [-0.39, 0.29) is 11.7 Å². The molecule has 0 fully saturated rings. The van der Waals surface area contributed by atoms with Crippen molar-refractivity contribution in [3.05, 3.63) is 29.8 Å². The Kier molecular flexibility index (Phi) is 5.99. The molecule has 0 spiro atoms. The average molecular weight is 325 g/mol. The zero-order valence-corrected chi connectivity index (χ0v) is 12.5. The molecule has 0 bridgehead atoms. The predicted molar refractivity (Wildman–Crippen MR) is 75.1 cm³/mol. The number of halogens is 3. The fourth-order valence-electron chi connectivity index (χ4n) is 1.66. The maximum absolute atomic E-state index is 12.0. The van der Waals surface area contributed by atoms with Crippen LogP contribution in [-0.2, 0) is 10.2 Å². The highest BCUT2D eigenvalue weighted by Crippen LogP contribution is 2.18. The van der Waals surface area contributed by atoms with Crippen molar-refractivity contribution in [3.8, 4) is 0 Å². The summed E-state index contributed by atoms with van der Waals surface area (Å²) >= 11 is 0. The van der Waals surface area contributed by atoms with Gasteiger partial charge < -0.3 is 5.32 Å². The van der Waals surface area contributed by atoms with Gasteiger partial charge in [-0.05, 0) is 31.2 Å². The number of hydrogen-bond donors (Lipinski definition) is 3. The lowest BCUT2D eigenvalue weighted by molar-refractivity contribution is -0.121. The van der Waals surface area contributed by atoms with Crippen LogP contribution in [0.15, 0.2) is 24.3 Å². The van der Waals surface area contributed by atoms with E-state index in [0.717, 1.165) is 12.1 Å². The minimum Gasteiger partial charge on any atom is -0.310 e. The summed E-state index contributed by atoms with van der Waals surface area (Å²) in [4.78, 5) is 0. The van der Waals surface area contributed by atoms with E-state index in [2.05, 4.69) is 10.0 Å². The monoisotopic (exact) mass is 325 g/mol. The molecule has 0 amide bonds. The number of benzene rings is 1. The van der Waals surface area contributed by atoms with E-state index in [4.69, 9.17) is 0 Å². The Bertz CT molecular complexity index is 561. The van der Waals surface area contributed by atoms with Gasteiger partial charge in [0.1, 0.15) is 6.54 Å². The standard InChI is InChI=1S/C12H18F3N3O2S/c1-3-16-9(2)10-5-4-6-11(7-10)18-21(19,20)17-8-12(13,14)15/h4-7,9,16-18H,3,8H2,1-2H3. The Hall–Kier alpha value is -1.32. The lowest BCUT2D eigenvalue weighted by Crippen LogP contribution is -2.37. The largest absolute Gasteiger partial charge is 0.402 e. The summed E-state index contributed by atoms with van der Waals surface area (Å²) in [6.07, 6.45) is -4.60. The second-order valence-corrected chi connectivity index (χ2v) is 5.95. The van der Waals surface area contributed by atoms with Gasteiger partial charge in [-0.1, -0.05) is 19.1 Å². The van der Waals surface area contributed by atoms with Crippen molar-refractivity contribution in [2.24, 2.45) is 0 Å². The van der Waals surface area contributed by atoms with Gasteiger partial charge in [0.05, 0.1) is 5.69 Å². The van der Waals surface area contributed by atoms with Gasteiger partial charge in [0, 0.05) is 6.04 Å². The predicted octanol–water partition coefficient (Wildman–Crippen LogP) is 2.17. The van der Waals surface area contributed by atoms with Crippen LogP contribution in [-0.4, -0.2) is 27.7 Å². The van der Waals surface area contributed by atoms with Crippen molar-refractivity contribution >= 4 is 15.9 Å². The molecule has 0 heterocycles. The van der Waals surface area contributed by atoms with Crippen LogP contribution >= 0.6 is 0 Å². The Morgan fingerprint density at radius 2 is 1.95 bits per heavy atom. The van der Waals surface area contributed by atoms with Crippen molar-refractivity contribution in [1.29, 1.82) is 0 Å². The molecule has 0 saturated heterocycles. The molecular formula is C12H18F3N3O2S.